The molecular weight excluding hydrogens is 252 g/mol. The number of carbonyl (C=O) groups excluding carboxylic acids is 1. The zero-order valence-electron chi connectivity index (χ0n) is 12.5. The van der Waals surface area contributed by atoms with Crippen LogP contribution in [-0.4, -0.2) is 17.4 Å². The number of hydrogen-bond acceptors (Lipinski definition) is 4. The topological polar surface area (TPSA) is 71.2 Å². The van der Waals surface area contributed by atoms with Gasteiger partial charge in [0.25, 0.3) is 0 Å². The molecule has 0 bridgehead atoms. The fourth-order valence-corrected chi connectivity index (χ4v) is 2.00. The number of carbonyl (C=O) groups is 1. The highest BCUT2D eigenvalue weighted by molar-refractivity contribution is 6.04. The van der Waals surface area contributed by atoms with Gasteiger partial charge < -0.3 is 16.0 Å². The number of aryl methyl sites for hydroxylation is 1. The lowest BCUT2D eigenvalue weighted by atomic mass is 10.2. The predicted octanol–water partition coefficient (Wildman–Crippen LogP) is 2.85. The van der Waals surface area contributed by atoms with Gasteiger partial charge >= 0.3 is 0 Å². The zero-order valence-corrected chi connectivity index (χ0v) is 12.5. The van der Waals surface area contributed by atoms with Crippen molar-refractivity contribution >= 4 is 23.1 Å². The molecule has 0 saturated carbocycles. The second-order valence-corrected chi connectivity index (χ2v) is 4.10. The Hall–Kier alpha value is -2.30. The summed E-state index contributed by atoms with van der Waals surface area (Å²) in [6.07, 6.45) is 3.58. The van der Waals surface area contributed by atoms with Crippen LogP contribution in [0, 0.1) is 6.92 Å². The largest absolute Gasteiger partial charge is 0.397 e. The second-order valence-electron chi connectivity index (χ2n) is 4.10. The fraction of sp³-hybridized carbons (Fsp3) is 0.333. The van der Waals surface area contributed by atoms with Crippen molar-refractivity contribution in [2.24, 2.45) is 0 Å². The van der Waals surface area contributed by atoms with Crippen LogP contribution in [-0.2, 0) is 4.79 Å². The molecule has 2 rings (SSSR count). The second kappa shape index (κ2) is 6.75. The van der Waals surface area contributed by atoms with Gasteiger partial charge in [0.1, 0.15) is 12.2 Å². The van der Waals surface area contributed by atoms with E-state index in [9.17, 15) is 4.79 Å². The molecule has 3 N–H and O–H groups in total. The average Bonchev–Trinajstić information content (AvgIpc) is 2.43. The Morgan fingerprint density at radius 3 is 2.75 bits per heavy atom. The van der Waals surface area contributed by atoms with Crippen LogP contribution in [0.2, 0.25) is 0 Å². The Kier molecular flexibility index (Phi) is 5.32. The summed E-state index contributed by atoms with van der Waals surface area (Å²) in [6.45, 7) is 11.7. The van der Waals surface area contributed by atoms with Crippen molar-refractivity contribution in [3.8, 4) is 0 Å². The number of nitrogens with one attached hydrogen (secondary N) is 1. The Morgan fingerprint density at radius 2 is 2.20 bits per heavy atom. The zero-order chi connectivity index (χ0) is 15.3. The molecule has 0 unspecified atom stereocenters. The molecule has 108 valence electrons. The van der Waals surface area contributed by atoms with Crippen LogP contribution in [0.25, 0.3) is 0 Å². The molecule has 1 aliphatic heterocycles. The van der Waals surface area contributed by atoms with Crippen molar-refractivity contribution in [3.05, 3.63) is 36.2 Å². The molecule has 0 saturated heterocycles. The molecule has 0 fully saturated rings. The van der Waals surface area contributed by atoms with E-state index in [4.69, 9.17) is 5.73 Å². The van der Waals surface area contributed by atoms with Crippen LogP contribution in [0.4, 0.5) is 17.2 Å². The molecule has 1 aliphatic rings. The van der Waals surface area contributed by atoms with Crippen molar-refractivity contribution in [3.63, 3.8) is 0 Å². The molecule has 1 aromatic heterocycles. The summed E-state index contributed by atoms with van der Waals surface area (Å²) in [4.78, 5) is 18.0. The normalized spacial score (nSPS) is 13.9. The summed E-state index contributed by atoms with van der Waals surface area (Å²) >= 11 is 0. The van der Waals surface area contributed by atoms with Crippen LogP contribution in [0.5, 0.6) is 0 Å². The number of nitrogens with zero attached hydrogens (tertiary/aromatic N) is 2. The molecule has 1 amide bonds. The van der Waals surface area contributed by atoms with Gasteiger partial charge in [-0.1, -0.05) is 26.5 Å². The monoisotopic (exact) mass is 274 g/mol. The maximum absolute atomic E-state index is 11.7. The third kappa shape index (κ3) is 2.99. The van der Waals surface area contributed by atoms with Gasteiger partial charge in [0.15, 0.2) is 5.82 Å². The Morgan fingerprint density at radius 1 is 1.55 bits per heavy atom. The van der Waals surface area contributed by atoms with Crippen molar-refractivity contribution in [1.29, 1.82) is 0 Å². The van der Waals surface area contributed by atoms with Gasteiger partial charge in [-0.05, 0) is 26.0 Å². The number of aromatic nitrogens is 1. The Labute approximate surface area is 120 Å². The lowest BCUT2D eigenvalue weighted by molar-refractivity contribution is -0.115. The van der Waals surface area contributed by atoms with E-state index in [-0.39, 0.29) is 12.5 Å². The van der Waals surface area contributed by atoms with E-state index in [1.165, 1.54) is 0 Å². The van der Waals surface area contributed by atoms with Crippen LogP contribution >= 0.6 is 0 Å². The van der Waals surface area contributed by atoms with Crippen molar-refractivity contribution in [1.82, 2.24) is 4.98 Å². The predicted molar refractivity (Wildman–Crippen MR) is 84.7 cm³/mol. The first-order valence-corrected chi connectivity index (χ1v) is 6.70. The van der Waals surface area contributed by atoms with Gasteiger partial charge in [0.2, 0.25) is 5.91 Å². The molecular formula is C15H22N4O. The minimum Gasteiger partial charge on any atom is -0.397 e. The Bertz CT molecular complexity index is 549. The molecule has 20 heavy (non-hydrogen) atoms. The third-order valence-electron chi connectivity index (χ3n) is 2.80. The smallest absolute Gasteiger partial charge is 0.244 e. The number of allylic oxidation sites excluding steroid dienone is 2. The highest BCUT2D eigenvalue weighted by Gasteiger charge is 2.26. The summed E-state index contributed by atoms with van der Waals surface area (Å²) in [5, 5.41) is 2.76. The van der Waals surface area contributed by atoms with Gasteiger partial charge in [0, 0.05) is 11.4 Å². The number of nitrogens with two attached hydrogens (primary N) is 1. The number of nitrogen functional groups attached to an aromatic ring is 1. The van der Waals surface area contributed by atoms with E-state index in [2.05, 4.69) is 16.9 Å². The van der Waals surface area contributed by atoms with Gasteiger partial charge in [-0.3, -0.25) is 4.79 Å². The van der Waals surface area contributed by atoms with E-state index in [0.717, 1.165) is 11.4 Å². The lowest BCUT2D eigenvalue weighted by Crippen LogP contribution is -2.38. The number of amides is 1. The summed E-state index contributed by atoms with van der Waals surface area (Å²) in [7, 11) is 0. The summed E-state index contributed by atoms with van der Waals surface area (Å²) in [6, 6.07) is 1.74. The van der Waals surface area contributed by atoms with Crippen LogP contribution < -0.4 is 16.0 Å². The van der Waals surface area contributed by atoms with E-state index in [1.807, 2.05) is 38.7 Å². The molecule has 2 heterocycles. The number of fused-ring (bicyclic) bond motifs is 1. The van der Waals surface area contributed by atoms with Gasteiger partial charge in [0.05, 0.1) is 5.69 Å². The molecule has 5 heteroatoms. The van der Waals surface area contributed by atoms with Crippen LogP contribution in [0.15, 0.2) is 30.5 Å². The maximum atomic E-state index is 11.7. The molecule has 0 spiro atoms. The summed E-state index contributed by atoms with van der Waals surface area (Å²) in [5.41, 5.74) is 8.66. The van der Waals surface area contributed by atoms with Crippen LogP contribution in [0.1, 0.15) is 26.5 Å². The maximum Gasteiger partial charge on any atom is 0.244 e. The third-order valence-corrected chi connectivity index (χ3v) is 2.80. The number of hydrogen-bond donors (Lipinski definition) is 2. The van der Waals surface area contributed by atoms with Gasteiger partial charge in [-0.25, -0.2) is 4.98 Å². The minimum atomic E-state index is -0.110. The average molecular weight is 274 g/mol. The first-order valence-electron chi connectivity index (χ1n) is 6.70. The van der Waals surface area contributed by atoms with Crippen molar-refractivity contribution < 1.29 is 4.79 Å². The molecule has 0 aromatic carbocycles. The quantitative estimate of drug-likeness (QED) is 0.813. The van der Waals surface area contributed by atoms with Crippen LogP contribution in [0.3, 0.4) is 0 Å². The highest BCUT2D eigenvalue weighted by atomic mass is 16.2. The standard InChI is InChI=1S/C13H16N4O.C2H6/c1-4-9(5-2)17-7-11(18)16-12-10(14)6-8(3)15-13(12)17;1-2/h4-6H,1,7H2,2-3H3,(H2,14,15)(H,16,18);1-2H3/b9-5+;. The lowest BCUT2D eigenvalue weighted by Gasteiger charge is -2.31. The van der Waals surface area contributed by atoms with E-state index in [0.29, 0.717) is 17.2 Å². The minimum absolute atomic E-state index is 0.110. The van der Waals surface area contributed by atoms with Gasteiger partial charge in [-0.15, -0.1) is 0 Å². The molecule has 0 atom stereocenters. The molecule has 1 aromatic rings. The van der Waals surface area contributed by atoms with E-state index < -0.39 is 0 Å². The van der Waals surface area contributed by atoms with Crippen molar-refractivity contribution in [2.75, 3.05) is 22.5 Å². The van der Waals surface area contributed by atoms with E-state index in [1.54, 1.807) is 12.1 Å². The fourth-order valence-electron chi connectivity index (χ4n) is 2.00. The molecule has 5 nitrogen and oxygen atoms in total. The first-order chi connectivity index (χ1) is 9.56. The first kappa shape index (κ1) is 15.8. The Balaban J connectivity index is 0.000000956. The van der Waals surface area contributed by atoms with Crippen molar-refractivity contribution in [2.45, 2.75) is 27.7 Å². The summed E-state index contributed by atoms with van der Waals surface area (Å²) in [5.74, 6) is 0.557. The molecule has 0 aliphatic carbocycles. The van der Waals surface area contributed by atoms with E-state index >= 15 is 0 Å². The SMILES string of the molecule is C=C/C(=C\C)N1CC(=O)Nc2c(N)cc(C)nc21.CC. The van der Waals surface area contributed by atoms with Gasteiger partial charge in [-0.2, -0.15) is 0 Å². The molecule has 0 radical (unpaired) electrons. The highest BCUT2D eigenvalue weighted by Crippen LogP contribution is 2.35. The number of rotatable bonds is 2. The number of pyridine rings is 1. The summed E-state index contributed by atoms with van der Waals surface area (Å²) < 4.78 is 0. The number of anilines is 3.